The molecular formula is C13H24O. The first kappa shape index (κ1) is 10.5. The highest BCUT2D eigenvalue weighted by molar-refractivity contribution is 4.94. The summed E-state index contributed by atoms with van der Waals surface area (Å²) in [5.74, 6) is 3.71. The molecule has 0 radical (unpaired) electrons. The molecule has 0 spiro atoms. The van der Waals surface area contributed by atoms with Crippen LogP contribution >= 0.6 is 0 Å². The van der Waals surface area contributed by atoms with Crippen LogP contribution in [0.3, 0.4) is 0 Å². The van der Waals surface area contributed by atoms with Gasteiger partial charge < -0.3 is 5.11 Å². The molecule has 2 saturated carbocycles. The third kappa shape index (κ3) is 2.73. The number of unbranched alkanes of at least 4 members (excludes halogenated alkanes) is 2. The molecule has 0 aliphatic heterocycles. The van der Waals surface area contributed by atoms with Gasteiger partial charge in [0.1, 0.15) is 0 Å². The van der Waals surface area contributed by atoms with E-state index in [0.29, 0.717) is 12.5 Å². The SMILES string of the molecule is CCCCCC1CC1C[C@H]1C[C@H]1CO. The molecule has 0 aromatic heterocycles. The minimum Gasteiger partial charge on any atom is -0.396 e. The predicted molar refractivity (Wildman–Crippen MR) is 59.0 cm³/mol. The zero-order chi connectivity index (χ0) is 9.97. The smallest absolute Gasteiger partial charge is 0.0462 e. The van der Waals surface area contributed by atoms with Gasteiger partial charge in [0, 0.05) is 6.61 Å². The maximum Gasteiger partial charge on any atom is 0.0462 e. The van der Waals surface area contributed by atoms with Crippen molar-refractivity contribution in [3.63, 3.8) is 0 Å². The third-order valence-corrected chi connectivity index (χ3v) is 4.16. The van der Waals surface area contributed by atoms with Crippen molar-refractivity contribution in [2.24, 2.45) is 23.7 Å². The van der Waals surface area contributed by atoms with Gasteiger partial charge in [0.25, 0.3) is 0 Å². The zero-order valence-electron chi connectivity index (χ0n) is 9.41. The van der Waals surface area contributed by atoms with Crippen LogP contribution in [0, 0.1) is 23.7 Å². The molecule has 1 nitrogen and oxygen atoms in total. The fourth-order valence-corrected chi connectivity index (χ4v) is 2.82. The molecule has 0 bridgehead atoms. The Morgan fingerprint density at radius 1 is 1.00 bits per heavy atom. The maximum absolute atomic E-state index is 8.95. The number of aliphatic hydroxyl groups excluding tert-OH is 1. The van der Waals surface area contributed by atoms with Crippen molar-refractivity contribution < 1.29 is 5.11 Å². The van der Waals surface area contributed by atoms with Crippen LogP contribution in [0.4, 0.5) is 0 Å². The van der Waals surface area contributed by atoms with Crippen LogP contribution < -0.4 is 0 Å². The minimum absolute atomic E-state index is 0.442. The quantitative estimate of drug-likeness (QED) is 0.620. The molecule has 0 aromatic carbocycles. The molecule has 4 atom stereocenters. The molecule has 0 aromatic rings. The molecule has 2 unspecified atom stereocenters. The van der Waals surface area contributed by atoms with E-state index in [1.807, 2.05) is 0 Å². The van der Waals surface area contributed by atoms with Crippen molar-refractivity contribution in [1.82, 2.24) is 0 Å². The Labute approximate surface area is 87.9 Å². The van der Waals surface area contributed by atoms with E-state index in [9.17, 15) is 0 Å². The molecule has 0 heterocycles. The second kappa shape index (κ2) is 4.65. The van der Waals surface area contributed by atoms with E-state index in [1.165, 1.54) is 44.9 Å². The van der Waals surface area contributed by atoms with E-state index in [0.717, 1.165) is 17.8 Å². The molecule has 2 aliphatic rings. The third-order valence-electron chi connectivity index (χ3n) is 4.16. The Bertz CT molecular complexity index is 178. The van der Waals surface area contributed by atoms with Crippen molar-refractivity contribution in [3.05, 3.63) is 0 Å². The van der Waals surface area contributed by atoms with Gasteiger partial charge in [-0.2, -0.15) is 0 Å². The van der Waals surface area contributed by atoms with Crippen LogP contribution in [0.2, 0.25) is 0 Å². The fourth-order valence-electron chi connectivity index (χ4n) is 2.82. The first-order chi connectivity index (χ1) is 6.85. The van der Waals surface area contributed by atoms with Gasteiger partial charge in [0.2, 0.25) is 0 Å². The van der Waals surface area contributed by atoms with Gasteiger partial charge in [-0.3, -0.25) is 0 Å². The second-order valence-electron chi connectivity index (χ2n) is 5.43. The van der Waals surface area contributed by atoms with Crippen LogP contribution in [0.1, 0.15) is 51.9 Å². The van der Waals surface area contributed by atoms with E-state index in [4.69, 9.17) is 5.11 Å². The van der Waals surface area contributed by atoms with Crippen molar-refractivity contribution in [3.8, 4) is 0 Å². The van der Waals surface area contributed by atoms with E-state index in [1.54, 1.807) is 0 Å². The average Bonchev–Trinajstić information content (AvgIpc) is 3.06. The Morgan fingerprint density at radius 3 is 2.36 bits per heavy atom. The standard InChI is InChI=1S/C13H24O/c1-2-3-4-5-10-6-11(10)7-12-8-13(12)9-14/h10-14H,2-9H2,1H3/t10?,11?,12-,13-/m0/s1. The van der Waals surface area contributed by atoms with Crippen LogP contribution in [0.5, 0.6) is 0 Å². The lowest BCUT2D eigenvalue weighted by Crippen LogP contribution is -1.91. The summed E-state index contributed by atoms with van der Waals surface area (Å²) in [6.07, 6.45) is 9.95. The highest BCUT2D eigenvalue weighted by Crippen LogP contribution is 2.53. The predicted octanol–water partition coefficient (Wildman–Crippen LogP) is 3.22. The van der Waals surface area contributed by atoms with E-state index >= 15 is 0 Å². The summed E-state index contributed by atoms with van der Waals surface area (Å²) in [4.78, 5) is 0. The van der Waals surface area contributed by atoms with Crippen molar-refractivity contribution in [2.45, 2.75) is 51.9 Å². The molecule has 2 fully saturated rings. The largest absolute Gasteiger partial charge is 0.396 e. The van der Waals surface area contributed by atoms with E-state index in [2.05, 4.69) is 6.92 Å². The highest BCUT2D eigenvalue weighted by Gasteiger charge is 2.44. The van der Waals surface area contributed by atoms with Crippen molar-refractivity contribution >= 4 is 0 Å². The first-order valence-electron chi connectivity index (χ1n) is 6.46. The van der Waals surface area contributed by atoms with Crippen LogP contribution in [0.15, 0.2) is 0 Å². The van der Waals surface area contributed by atoms with Crippen LogP contribution in [0.25, 0.3) is 0 Å². The summed E-state index contributed by atoms with van der Waals surface area (Å²) in [6, 6.07) is 0. The van der Waals surface area contributed by atoms with Gasteiger partial charge in [0.05, 0.1) is 0 Å². The van der Waals surface area contributed by atoms with Crippen molar-refractivity contribution in [1.29, 1.82) is 0 Å². The molecule has 1 heteroatoms. The van der Waals surface area contributed by atoms with E-state index < -0.39 is 0 Å². The summed E-state index contributed by atoms with van der Waals surface area (Å²) >= 11 is 0. The van der Waals surface area contributed by atoms with Crippen molar-refractivity contribution in [2.75, 3.05) is 6.61 Å². The Morgan fingerprint density at radius 2 is 1.71 bits per heavy atom. The minimum atomic E-state index is 0.442. The normalized spacial score (nSPS) is 39.9. The van der Waals surface area contributed by atoms with Gasteiger partial charge in [-0.15, -0.1) is 0 Å². The van der Waals surface area contributed by atoms with E-state index in [-0.39, 0.29) is 0 Å². The van der Waals surface area contributed by atoms with Gasteiger partial charge in [-0.05, 0) is 42.9 Å². The lowest BCUT2D eigenvalue weighted by molar-refractivity contribution is 0.266. The van der Waals surface area contributed by atoms with Crippen LogP contribution in [-0.4, -0.2) is 11.7 Å². The number of rotatable bonds is 7. The zero-order valence-corrected chi connectivity index (χ0v) is 9.41. The second-order valence-corrected chi connectivity index (χ2v) is 5.43. The molecule has 2 aliphatic carbocycles. The molecule has 0 saturated heterocycles. The first-order valence-corrected chi connectivity index (χ1v) is 6.46. The summed E-state index contributed by atoms with van der Waals surface area (Å²) < 4.78 is 0. The molecule has 14 heavy (non-hydrogen) atoms. The number of hydrogen-bond acceptors (Lipinski definition) is 1. The maximum atomic E-state index is 8.95. The molecular weight excluding hydrogens is 172 g/mol. The molecule has 1 N–H and O–H groups in total. The average molecular weight is 196 g/mol. The Hall–Kier alpha value is -0.0400. The number of hydrogen-bond donors (Lipinski definition) is 1. The summed E-state index contributed by atoms with van der Waals surface area (Å²) in [6.45, 7) is 2.72. The van der Waals surface area contributed by atoms with Gasteiger partial charge in [-0.25, -0.2) is 0 Å². The molecule has 82 valence electrons. The Kier molecular flexibility index (Phi) is 3.48. The Balaban J connectivity index is 1.50. The monoisotopic (exact) mass is 196 g/mol. The van der Waals surface area contributed by atoms with Crippen LogP contribution in [-0.2, 0) is 0 Å². The topological polar surface area (TPSA) is 20.2 Å². The van der Waals surface area contributed by atoms with Gasteiger partial charge >= 0.3 is 0 Å². The summed E-state index contributed by atoms with van der Waals surface area (Å²) in [7, 11) is 0. The molecule has 2 rings (SSSR count). The summed E-state index contributed by atoms with van der Waals surface area (Å²) in [5, 5.41) is 8.95. The lowest BCUT2D eigenvalue weighted by Gasteiger charge is -1.99. The highest BCUT2D eigenvalue weighted by atomic mass is 16.3. The van der Waals surface area contributed by atoms with Gasteiger partial charge in [0.15, 0.2) is 0 Å². The lowest BCUT2D eigenvalue weighted by atomic mass is 10.1. The number of aliphatic hydroxyl groups is 1. The fraction of sp³-hybridized carbons (Fsp3) is 1.00. The summed E-state index contributed by atoms with van der Waals surface area (Å²) in [5.41, 5.74) is 0. The van der Waals surface area contributed by atoms with Gasteiger partial charge in [-0.1, -0.05) is 32.6 Å². The molecule has 0 amide bonds.